The van der Waals surface area contributed by atoms with E-state index in [0.717, 1.165) is 43.5 Å². The number of carbonyl (C=O) groups excluding carboxylic acids is 1. The molecule has 1 aliphatic carbocycles. The summed E-state index contributed by atoms with van der Waals surface area (Å²) in [6.07, 6.45) is 5.43. The molecule has 1 fully saturated rings. The fraction of sp³-hybridized carbons (Fsp3) is 0.467. The Kier molecular flexibility index (Phi) is 5.09. The van der Waals surface area contributed by atoms with Crippen molar-refractivity contribution in [2.75, 3.05) is 11.1 Å². The predicted octanol–water partition coefficient (Wildman–Crippen LogP) is 2.48. The van der Waals surface area contributed by atoms with E-state index in [1.54, 1.807) is 0 Å². The first kappa shape index (κ1) is 17.2. The third-order valence-corrected chi connectivity index (χ3v) is 6.28. The van der Waals surface area contributed by atoms with Crippen molar-refractivity contribution in [1.82, 2.24) is 5.32 Å². The van der Waals surface area contributed by atoms with E-state index < -0.39 is 15.8 Å². The summed E-state index contributed by atoms with van der Waals surface area (Å²) in [5.41, 5.74) is 0.265. The van der Waals surface area contributed by atoms with Crippen LogP contribution in [0.1, 0.15) is 32.1 Å². The lowest BCUT2D eigenvalue weighted by Crippen LogP contribution is -2.37. The lowest BCUT2D eigenvalue weighted by Gasteiger charge is -2.23. The molecule has 0 radical (unpaired) electrons. The Hall–Kier alpha value is -1.61. The number of hydrogen-bond acceptors (Lipinski definition) is 5. The maximum absolute atomic E-state index is 13.2. The minimum atomic E-state index is -3.96. The molecule has 0 unspecified atom stereocenters. The topological polar surface area (TPSA) is 87.6 Å². The Morgan fingerprint density at radius 3 is 2.83 bits per heavy atom. The Balaban J connectivity index is 1.61. The number of nitrogens with zero attached hydrogens (tertiary/aromatic N) is 1. The van der Waals surface area contributed by atoms with Crippen LogP contribution in [-0.2, 0) is 14.8 Å². The quantitative estimate of drug-likeness (QED) is 0.852. The Labute approximate surface area is 144 Å². The second-order valence-electron chi connectivity index (χ2n) is 5.83. The molecule has 0 aromatic heterocycles. The van der Waals surface area contributed by atoms with E-state index in [4.69, 9.17) is 0 Å². The van der Waals surface area contributed by atoms with Crippen LogP contribution >= 0.6 is 11.8 Å². The molecule has 24 heavy (non-hydrogen) atoms. The van der Waals surface area contributed by atoms with E-state index in [9.17, 15) is 17.6 Å². The molecule has 1 amide bonds. The van der Waals surface area contributed by atoms with E-state index in [2.05, 4.69) is 15.0 Å². The van der Waals surface area contributed by atoms with Gasteiger partial charge < -0.3 is 10.6 Å². The van der Waals surface area contributed by atoms with Gasteiger partial charge in [-0.2, -0.15) is 8.42 Å². The summed E-state index contributed by atoms with van der Waals surface area (Å²) in [5.74, 6) is -0.704. The van der Waals surface area contributed by atoms with Gasteiger partial charge in [0.15, 0.2) is 5.17 Å². The number of amidine groups is 1. The van der Waals surface area contributed by atoms with E-state index in [0.29, 0.717) is 0 Å². The standard InChI is InChI=1S/C15H18FN3O3S2/c16-10-6-7-12-13(8-10)24(21,22)19-15(18-12)23-9-14(20)17-11-4-2-1-3-5-11/h6-8,11H,1-5,9H2,(H,17,20)(H,18,19). The van der Waals surface area contributed by atoms with Crippen LogP contribution in [0.15, 0.2) is 27.5 Å². The number of rotatable bonds is 3. The molecule has 0 spiro atoms. The largest absolute Gasteiger partial charge is 0.353 e. The number of hydrogen-bond donors (Lipinski definition) is 2. The monoisotopic (exact) mass is 371 g/mol. The van der Waals surface area contributed by atoms with Gasteiger partial charge in [-0.15, -0.1) is 4.40 Å². The highest BCUT2D eigenvalue weighted by Gasteiger charge is 2.26. The van der Waals surface area contributed by atoms with E-state index in [-0.39, 0.29) is 33.5 Å². The van der Waals surface area contributed by atoms with Gasteiger partial charge in [0, 0.05) is 6.04 Å². The van der Waals surface area contributed by atoms with Gasteiger partial charge in [0.05, 0.1) is 11.4 Å². The summed E-state index contributed by atoms with van der Waals surface area (Å²) in [6.45, 7) is 0. The third-order valence-electron chi connectivity index (χ3n) is 3.98. The summed E-state index contributed by atoms with van der Waals surface area (Å²) >= 11 is 1.02. The molecule has 3 rings (SSSR count). The van der Waals surface area contributed by atoms with Gasteiger partial charge in [-0.05, 0) is 31.0 Å². The second-order valence-corrected chi connectivity index (χ2v) is 8.36. The van der Waals surface area contributed by atoms with Gasteiger partial charge in [-0.3, -0.25) is 4.79 Å². The van der Waals surface area contributed by atoms with E-state index in [1.165, 1.54) is 18.6 Å². The molecule has 2 N–H and O–H groups in total. The molecule has 1 aliphatic heterocycles. The molecule has 0 bridgehead atoms. The van der Waals surface area contributed by atoms with Crippen molar-refractivity contribution in [3.63, 3.8) is 0 Å². The normalized spacial score (nSPS) is 19.8. The average molecular weight is 371 g/mol. The maximum atomic E-state index is 13.2. The Bertz CT molecular complexity index is 774. The number of anilines is 1. The van der Waals surface area contributed by atoms with Crippen molar-refractivity contribution in [1.29, 1.82) is 0 Å². The second kappa shape index (κ2) is 7.10. The van der Waals surface area contributed by atoms with Crippen LogP contribution < -0.4 is 10.6 Å². The van der Waals surface area contributed by atoms with Crippen molar-refractivity contribution >= 4 is 38.5 Å². The van der Waals surface area contributed by atoms with Crippen LogP contribution in [-0.4, -0.2) is 31.3 Å². The molecule has 1 aromatic rings. The minimum absolute atomic E-state index is 0.0778. The molecule has 2 aliphatic rings. The molecular formula is C15H18FN3O3S2. The number of amides is 1. The Morgan fingerprint density at radius 2 is 2.08 bits per heavy atom. The van der Waals surface area contributed by atoms with Crippen molar-refractivity contribution in [2.24, 2.45) is 4.40 Å². The van der Waals surface area contributed by atoms with E-state index >= 15 is 0 Å². The van der Waals surface area contributed by atoms with Gasteiger partial charge in [-0.1, -0.05) is 31.0 Å². The van der Waals surface area contributed by atoms with Gasteiger partial charge in [0.1, 0.15) is 10.7 Å². The molecule has 1 heterocycles. The van der Waals surface area contributed by atoms with Crippen LogP contribution in [0, 0.1) is 5.82 Å². The van der Waals surface area contributed by atoms with Crippen LogP contribution in [0.4, 0.5) is 10.1 Å². The lowest BCUT2D eigenvalue weighted by molar-refractivity contribution is -0.119. The van der Waals surface area contributed by atoms with Crippen molar-refractivity contribution in [3.8, 4) is 0 Å². The zero-order valence-corrected chi connectivity index (χ0v) is 14.6. The number of carbonyl (C=O) groups is 1. The first-order valence-electron chi connectivity index (χ1n) is 7.78. The van der Waals surface area contributed by atoms with Crippen molar-refractivity contribution in [2.45, 2.75) is 43.0 Å². The Morgan fingerprint density at radius 1 is 1.33 bits per heavy atom. The summed E-state index contributed by atoms with van der Waals surface area (Å²) in [7, 11) is -3.96. The molecule has 130 valence electrons. The number of nitrogens with one attached hydrogen (secondary N) is 2. The highest BCUT2D eigenvalue weighted by Crippen LogP contribution is 2.30. The molecule has 1 saturated carbocycles. The first-order valence-corrected chi connectivity index (χ1v) is 10.2. The minimum Gasteiger partial charge on any atom is -0.353 e. The molecule has 9 heteroatoms. The highest BCUT2D eigenvalue weighted by atomic mass is 32.2. The van der Waals surface area contributed by atoms with Gasteiger partial charge in [0.2, 0.25) is 5.91 Å². The number of benzene rings is 1. The van der Waals surface area contributed by atoms with Crippen LogP contribution in [0.5, 0.6) is 0 Å². The molecular weight excluding hydrogens is 353 g/mol. The molecule has 1 aromatic carbocycles. The zero-order chi connectivity index (χ0) is 17.2. The van der Waals surface area contributed by atoms with Gasteiger partial charge in [0.25, 0.3) is 10.0 Å². The van der Waals surface area contributed by atoms with Crippen LogP contribution in [0.25, 0.3) is 0 Å². The fourth-order valence-electron chi connectivity index (χ4n) is 2.82. The van der Waals surface area contributed by atoms with Gasteiger partial charge in [-0.25, -0.2) is 4.39 Å². The summed E-state index contributed by atoms with van der Waals surface area (Å²) < 4.78 is 41.0. The van der Waals surface area contributed by atoms with Crippen molar-refractivity contribution < 1.29 is 17.6 Å². The smallest absolute Gasteiger partial charge is 0.286 e. The summed E-state index contributed by atoms with van der Waals surface area (Å²) in [6, 6.07) is 3.66. The lowest BCUT2D eigenvalue weighted by atomic mass is 9.95. The number of sulfonamides is 1. The zero-order valence-electron chi connectivity index (χ0n) is 12.9. The maximum Gasteiger partial charge on any atom is 0.286 e. The van der Waals surface area contributed by atoms with Gasteiger partial charge >= 0.3 is 0 Å². The number of fused-ring (bicyclic) bond motifs is 1. The fourth-order valence-corrected chi connectivity index (χ4v) is 4.88. The van der Waals surface area contributed by atoms with Crippen LogP contribution in [0.3, 0.4) is 0 Å². The molecule has 0 saturated heterocycles. The van der Waals surface area contributed by atoms with Crippen LogP contribution in [0.2, 0.25) is 0 Å². The summed E-state index contributed by atoms with van der Waals surface area (Å²) in [4.78, 5) is 11.8. The first-order chi connectivity index (χ1) is 11.4. The average Bonchev–Trinajstić information content (AvgIpc) is 2.54. The number of halogens is 1. The third kappa shape index (κ3) is 4.07. The molecule has 6 nitrogen and oxygen atoms in total. The SMILES string of the molecule is O=C(CSC1=NS(=O)(=O)c2cc(F)ccc2N1)NC1CCCCC1. The van der Waals surface area contributed by atoms with E-state index in [1.807, 2.05) is 0 Å². The summed E-state index contributed by atoms with van der Waals surface area (Å²) in [5, 5.41) is 5.91. The highest BCUT2D eigenvalue weighted by molar-refractivity contribution is 8.15. The number of thioether (sulfide) groups is 1. The molecule has 0 atom stereocenters. The van der Waals surface area contributed by atoms with Crippen molar-refractivity contribution in [3.05, 3.63) is 24.0 Å². The predicted molar refractivity (Wildman–Crippen MR) is 92.1 cm³/mol.